The minimum atomic E-state index is -4.47. The first kappa shape index (κ1) is 14.7. The van der Waals surface area contributed by atoms with Crippen LogP contribution in [0, 0.1) is 0 Å². The molecule has 1 aromatic heterocycles. The third-order valence-corrected chi connectivity index (χ3v) is 4.22. The molecule has 108 valence electrons. The smallest absolute Gasteiger partial charge is 0.384 e. The lowest BCUT2D eigenvalue weighted by molar-refractivity contribution is -0.137. The van der Waals surface area contributed by atoms with Crippen LogP contribution < -0.4 is 5.32 Å². The highest BCUT2D eigenvalue weighted by atomic mass is 32.1. The number of thiazole rings is 1. The van der Waals surface area contributed by atoms with E-state index in [2.05, 4.69) is 10.3 Å². The molecule has 1 aliphatic rings. The summed E-state index contributed by atoms with van der Waals surface area (Å²) in [6, 6.07) is -0.0693. The molecule has 0 aromatic carbocycles. The number of alkyl halides is 3. The molecule has 1 fully saturated rings. The highest BCUT2D eigenvalue weighted by Crippen LogP contribution is 2.37. The summed E-state index contributed by atoms with van der Waals surface area (Å²) in [5.74, 6) is 0. The first-order chi connectivity index (χ1) is 8.79. The molecule has 0 radical (unpaired) electrons. The van der Waals surface area contributed by atoms with Gasteiger partial charge in [-0.1, -0.05) is 0 Å². The number of morpholine rings is 1. The molecule has 1 saturated heterocycles. The van der Waals surface area contributed by atoms with Crippen LogP contribution >= 0.6 is 11.3 Å². The standard InChI is InChI=1S/C11H15F3N2O2S/c1-10(17,4-7-6-18-3-2-15-7)8-5-16-9(19-8)11(12,13)14/h5,7,15,17H,2-4,6H2,1H3. The number of nitrogens with one attached hydrogen (secondary N) is 1. The van der Waals surface area contributed by atoms with E-state index in [1.807, 2.05) is 0 Å². The summed E-state index contributed by atoms with van der Waals surface area (Å²) in [4.78, 5) is 3.54. The quantitative estimate of drug-likeness (QED) is 0.892. The number of rotatable bonds is 3. The van der Waals surface area contributed by atoms with Crippen LogP contribution in [0.4, 0.5) is 13.2 Å². The fraction of sp³-hybridized carbons (Fsp3) is 0.727. The van der Waals surface area contributed by atoms with Crippen LogP contribution in [-0.4, -0.2) is 35.9 Å². The number of halogens is 3. The molecule has 19 heavy (non-hydrogen) atoms. The molecule has 2 rings (SSSR count). The van der Waals surface area contributed by atoms with Gasteiger partial charge in [0.1, 0.15) is 0 Å². The summed E-state index contributed by atoms with van der Waals surface area (Å²) in [7, 11) is 0. The fourth-order valence-electron chi connectivity index (χ4n) is 1.99. The van der Waals surface area contributed by atoms with Crippen LogP contribution in [0.3, 0.4) is 0 Å². The van der Waals surface area contributed by atoms with E-state index in [0.717, 1.165) is 6.20 Å². The van der Waals surface area contributed by atoms with Crippen molar-refractivity contribution in [3.05, 3.63) is 16.1 Å². The number of hydrogen-bond donors (Lipinski definition) is 2. The predicted octanol–water partition coefficient (Wildman–Crippen LogP) is 1.75. The topological polar surface area (TPSA) is 54.4 Å². The Balaban J connectivity index is 2.08. The second kappa shape index (κ2) is 5.35. The van der Waals surface area contributed by atoms with Crippen molar-refractivity contribution in [1.29, 1.82) is 0 Å². The van der Waals surface area contributed by atoms with Gasteiger partial charge in [0.15, 0.2) is 5.01 Å². The summed E-state index contributed by atoms with van der Waals surface area (Å²) in [6.07, 6.45) is -3.09. The first-order valence-corrected chi connectivity index (χ1v) is 6.68. The molecule has 0 saturated carbocycles. The monoisotopic (exact) mass is 296 g/mol. The van der Waals surface area contributed by atoms with E-state index in [1.165, 1.54) is 6.92 Å². The average molecular weight is 296 g/mol. The Morgan fingerprint density at radius 3 is 2.84 bits per heavy atom. The minimum Gasteiger partial charge on any atom is -0.384 e. The first-order valence-electron chi connectivity index (χ1n) is 5.86. The maximum absolute atomic E-state index is 12.5. The number of hydrogen-bond acceptors (Lipinski definition) is 5. The Morgan fingerprint density at radius 2 is 2.32 bits per heavy atom. The summed E-state index contributed by atoms with van der Waals surface area (Å²) in [6.45, 7) is 3.23. The molecule has 4 nitrogen and oxygen atoms in total. The van der Waals surface area contributed by atoms with Crippen LogP contribution in [0.5, 0.6) is 0 Å². The minimum absolute atomic E-state index is 0.0693. The van der Waals surface area contributed by atoms with E-state index in [1.54, 1.807) is 0 Å². The van der Waals surface area contributed by atoms with Gasteiger partial charge in [-0.3, -0.25) is 0 Å². The Hall–Kier alpha value is -0.700. The van der Waals surface area contributed by atoms with Gasteiger partial charge in [-0.05, 0) is 13.3 Å². The lowest BCUT2D eigenvalue weighted by Gasteiger charge is -2.30. The molecular weight excluding hydrogens is 281 g/mol. The molecule has 0 spiro atoms. The van der Waals surface area contributed by atoms with Crippen molar-refractivity contribution in [1.82, 2.24) is 10.3 Å². The van der Waals surface area contributed by atoms with Gasteiger partial charge in [-0.15, -0.1) is 11.3 Å². The zero-order valence-electron chi connectivity index (χ0n) is 10.3. The Labute approximate surface area is 112 Å². The normalized spacial score (nSPS) is 24.2. The Kier molecular flexibility index (Phi) is 4.14. The van der Waals surface area contributed by atoms with Gasteiger partial charge in [0.2, 0.25) is 0 Å². The number of nitrogens with zero attached hydrogens (tertiary/aromatic N) is 1. The third-order valence-electron chi connectivity index (χ3n) is 2.92. The van der Waals surface area contributed by atoms with Crippen LogP contribution in [0.2, 0.25) is 0 Å². The van der Waals surface area contributed by atoms with Crippen LogP contribution in [-0.2, 0) is 16.5 Å². The van der Waals surface area contributed by atoms with Crippen molar-refractivity contribution in [3.63, 3.8) is 0 Å². The lowest BCUT2D eigenvalue weighted by Crippen LogP contribution is -2.44. The van der Waals surface area contributed by atoms with Crippen molar-refractivity contribution in [2.45, 2.75) is 31.2 Å². The van der Waals surface area contributed by atoms with Gasteiger partial charge in [0, 0.05) is 18.8 Å². The molecule has 2 unspecified atom stereocenters. The maximum atomic E-state index is 12.5. The zero-order chi connectivity index (χ0) is 14.1. The largest absolute Gasteiger partial charge is 0.443 e. The van der Waals surface area contributed by atoms with E-state index in [4.69, 9.17) is 4.74 Å². The summed E-state index contributed by atoms with van der Waals surface area (Å²) in [5, 5.41) is 12.5. The van der Waals surface area contributed by atoms with E-state index < -0.39 is 16.8 Å². The van der Waals surface area contributed by atoms with Crippen LogP contribution in [0.1, 0.15) is 23.2 Å². The van der Waals surface area contributed by atoms with Gasteiger partial charge >= 0.3 is 6.18 Å². The summed E-state index contributed by atoms with van der Waals surface area (Å²) in [5.41, 5.74) is -1.35. The molecule has 0 amide bonds. The molecule has 2 atom stereocenters. The summed E-state index contributed by atoms with van der Waals surface area (Å²) >= 11 is 0.481. The van der Waals surface area contributed by atoms with Crippen molar-refractivity contribution >= 4 is 11.3 Å². The Morgan fingerprint density at radius 1 is 1.58 bits per heavy atom. The van der Waals surface area contributed by atoms with Gasteiger partial charge in [0.25, 0.3) is 0 Å². The van der Waals surface area contributed by atoms with Gasteiger partial charge < -0.3 is 15.2 Å². The van der Waals surface area contributed by atoms with Crippen LogP contribution in [0.15, 0.2) is 6.20 Å². The highest BCUT2D eigenvalue weighted by molar-refractivity contribution is 7.11. The second-order valence-electron chi connectivity index (χ2n) is 4.73. The third kappa shape index (κ3) is 3.65. The number of aliphatic hydroxyl groups is 1. The van der Waals surface area contributed by atoms with Crippen molar-refractivity contribution in [2.75, 3.05) is 19.8 Å². The fourth-order valence-corrected chi connectivity index (χ4v) is 2.82. The average Bonchev–Trinajstić information content (AvgIpc) is 2.79. The van der Waals surface area contributed by atoms with E-state index in [-0.39, 0.29) is 17.3 Å². The van der Waals surface area contributed by atoms with Crippen molar-refractivity contribution in [3.8, 4) is 0 Å². The molecule has 0 bridgehead atoms. The van der Waals surface area contributed by atoms with Gasteiger partial charge in [-0.25, -0.2) is 4.98 Å². The SMILES string of the molecule is CC(O)(CC1COCCN1)c1cnc(C(F)(F)F)s1. The zero-order valence-corrected chi connectivity index (χ0v) is 11.1. The second-order valence-corrected chi connectivity index (χ2v) is 5.76. The number of aromatic nitrogens is 1. The van der Waals surface area contributed by atoms with Crippen LogP contribution in [0.25, 0.3) is 0 Å². The molecule has 0 aliphatic carbocycles. The van der Waals surface area contributed by atoms with Crippen molar-refractivity contribution in [2.24, 2.45) is 0 Å². The maximum Gasteiger partial charge on any atom is 0.443 e. The molecule has 1 aromatic rings. The predicted molar refractivity (Wildman–Crippen MR) is 63.9 cm³/mol. The molecular formula is C11H15F3N2O2S. The van der Waals surface area contributed by atoms with Crippen molar-refractivity contribution < 1.29 is 23.0 Å². The molecule has 2 N–H and O–H groups in total. The number of ether oxygens (including phenoxy) is 1. The molecule has 1 aliphatic heterocycles. The molecule has 2 heterocycles. The molecule has 8 heteroatoms. The van der Waals surface area contributed by atoms with E-state index in [0.29, 0.717) is 31.1 Å². The van der Waals surface area contributed by atoms with E-state index in [9.17, 15) is 18.3 Å². The lowest BCUT2D eigenvalue weighted by atomic mass is 9.95. The Bertz CT molecular complexity index is 428. The van der Waals surface area contributed by atoms with Gasteiger partial charge in [-0.2, -0.15) is 13.2 Å². The van der Waals surface area contributed by atoms with Gasteiger partial charge in [0.05, 0.1) is 23.7 Å². The summed E-state index contributed by atoms with van der Waals surface area (Å²) < 4.78 is 42.7. The van der Waals surface area contributed by atoms with E-state index >= 15 is 0 Å². The highest BCUT2D eigenvalue weighted by Gasteiger charge is 2.38.